The summed E-state index contributed by atoms with van der Waals surface area (Å²) in [6.07, 6.45) is 9.77. The lowest BCUT2D eigenvalue weighted by Gasteiger charge is -2.41. The van der Waals surface area contributed by atoms with Gasteiger partial charge in [0.05, 0.1) is 55.3 Å². The molecule has 2 atom stereocenters. The van der Waals surface area contributed by atoms with Crippen LogP contribution in [0.2, 0.25) is 0 Å². The van der Waals surface area contributed by atoms with E-state index in [0.717, 1.165) is 91.7 Å². The molecule has 0 bridgehead atoms. The van der Waals surface area contributed by atoms with Crippen molar-refractivity contribution in [3.8, 4) is 11.3 Å². The smallest absolute Gasteiger partial charge is 0.183 e. The lowest BCUT2D eigenvalue weighted by Crippen LogP contribution is -2.50. The van der Waals surface area contributed by atoms with E-state index >= 15 is 0 Å². The summed E-state index contributed by atoms with van der Waals surface area (Å²) in [6.45, 7) is 6.80. The molecule has 3 N–H and O–H groups in total. The molecule has 41 heavy (non-hydrogen) atoms. The second-order valence-electron chi connectivity index (χ2n) is 11.3. The molecule has 7 heterocycles. The van der Waals surface area contributed by atoms with Gasteiger partial charge in [-0.1, -0.05) is 0 Å². The second kappa shape index (κ2) is 11.2. The normalized spacial score (nSPS) is 21.8. The predicted molar refractivity (Wildman–Crippen MR) is 159 cm³/mol. The first kappa shape index (κ1) is 27.8. The van der Waals surface area contributed by atoms with E-state index in [0.29, 0.717) is 18.8 Å². The Labute approximate surface area is 245 Å². The number of hydrogen-bond acceptors (Lipinski definition) is 10. The number of rotatable bonds is 6. The zero-order valence-electron chi connectivity index (χ0n) is 23.5. The first-order valence-corrected chi connectivity index (χ1v) is 14.2. The van der Waals surface area contributed by atoms with Gasteiger partial charge in [0.25, 0.3) is 0 Å². The lowest BCUT2D eigenvalue weighted by molar-refractivity contribution is 0.0974. The number of aromatic nitrogens is 7. The van der Waals surface area contributed by atoms with Gasteiger partial charge in [0.1, 0.15) is 5.82 Å². The molecular formula is C28H37ClN10O2. The molecule has 2 fully saturated rings. The summed E-state index contributed by atoms with van der Waals surface area (Å²) in [5.41, 5.74) is 12.1. The zero-order chi connectivity index (χ0) is 27.3. The minimum atomic E-state index is 0. The van der Waals surface area contributed by atoms with Gasteiger partial charge in [-0.2, -0.15) is 10.2 Å². The summed E-state index contributed by atoms with van der Waals surface area (Å²) in [5, 5.41) is 12.2. The number of pyridine rings is 1. The molecule has 0 aromatic carbocycles. The van der Waals surface area contributed by atoms with Crippen molar-refractivity contribution in [2.45, 2.75) is 51.3 Å². The van der Waals surface area contributed by atoms with Gasteiger partial charge < -0.3 is 25.0 Å². The van der Waals surface area contributed by atoms with Crippen LogP contribution >= 0.6 is 12.4 Å². The van der Waals surface area contributed by atoms with Gasteiger partial charge in [0.15, 0.2) is 17.0 Å². The van der Waals surface area contributed by atoms with E-state index in [9.17, 15) is 0 Å². The average molecular weight is 581 g/mol. The highest BCUT2D eigenvalue weighted by Crippen LogP contribution is 2.42. The van der Waals surface area contributed by atoms with E-state index in [4.69, 9.17) is 30.2 Å². The van der Waals surface area contributed by atoms with Gasteiger partial charge in [-0.15, -0.1) is 12.4 Å². The summed E-state index contributed by atoms with van der Waals surface area (Å²) in [7, 11) is 1.70. The van der Waals surface area contributed by atoms with Crippen molar-refractivity contribution >= 4 is 40.9 Å². The van der Waals surface area contributed by atoms with E-state index in [2.05, 4.69) is 44.2 Å². The standard InChI is InChI=1S/C28H36N10O2.ClH/c1-18-25(29)28(17-40-18)7-10-36(11-8-28)23-15-30-24-26(33-23)34-35-27(24)38-9-3-4-21-22(38)6-5-20(32-21)19-14-31-37(16-19)12-13-39-2;/h5-6,14-16,18,25H,3-4,7-13,17,29H2,1-2H3,(H,33,34,35);1H/t18-,25+;/m0./s1. The number of H-pyrrole nitrogens is 1. The number of piperidine rings is 1. The first-order valence-electron chi connectivity index (χ1n) is 14.2. The molecule has 3 aliphatic heterocycles. The number of nitrogens with two attached hydrogens (primary N) is 1. The van der Waals surface area contributed by atoms with Crippen LogP contribution in [0.15, 0.2) is 30.7 Å². The third kappa shape index (κ3) is 4.92. The van der Waals surface area contributed by atoms with Crippen molar-refractivity contribution < 1.29 is 9.47 Å². The van der Waals surface area contributed by atoms with Crippen molar-refractivity contribution in [1.82, 2.24) is 34.9 Å². The number of nitrogens with one attached hydrogen (secondary N) is 1. The van der Waals surface area contributed by atoms with Gasteiger partial charge in [0, 0.05) is 50.0 Å². The van der Waals surface area contributed by atoms with Gasteiger partial charge in [0.2, 0.25) is 0 Å². The van der Waals surface area contributed by atoms with Crippen LogP contribution in [0.25, 0.3) is 22.4 Å². The number of anilines is 3. The fourth-order valence-corrected chi connectivity index (χ4v) is 6.41. The number of halogens is 1. The Kier molecular flexibility index (Phi) is 7.58. The van der Waals surface area contributed by atoms with Gasteiger partial charge in [-0.25, -0.2) is 9.97 Å². The molecule has 0 radical (unpaired) electrons. The minimum Gasteiger partial charge on any atom is -0.383 e. The van der Waals surface area contributed by atoms with Crippen LogP contribution in [0.5, 0.6) is 0 Å². The molecule has 218 valence electrons. The Morgan fingerprint density at radius 3 is 2.80 bits per heavy atom. The minimum absolute atomic E-state index is 0. The third-order valence-electron chi connectivity index (χ3n) is 8.91. The average Bonchev–Trinajstić information content (AvgIpc) is 3.71. The number of hydrogen-bond donors (Lipinski definition) is 2. The van der Waals surface area contributed by atoms with Crippen LogP contribution in [-0.4, -0.2) is 87.0 Å². The molecule has 0 aliphatic carbocycles. The quantitative estimate of drug-likeness (QED) is 0.350. The molecule has 0 amide bonds. The number of ether oxygens (including phenoxy) is 2. The highest BCUT2D eigenvalue weighted by Gasteiger charge is 2.47. The van der Waals surface area contributed by atoms with Crippen molar-refractivity contribution in [2.24, 2.45) is 11.1 Å². The van der Waals surface area contributed by atoms with Crippen LogP contribution in [-0.2, 0) is 22.4 Å². The summed E-state index contributed by atoms with van der Waals surface area (Å²) in [6, 6.07) is 4.28. The summed E-state index contributed by atoms with van der Waals surface area (Å²) >= 11 is 0. The molecule has 2 saturated heterocycles. The van der Waals surface area contributed by atoms with Gasteiger partial charge in [-0.3, -0.25) is 14.8 Å². The highest BCUT2D eigenvalue weighted by atomic mass is 35.5. The fourth-order valence-electron chi connectivity index (χ4n) is 6.41. The van der Waals surface area contributed by atoms with E-state index in [-0.39, 0.29) is 30.0 Å². The molecule has 0 saturated carbocycles. The maximum absolute atomic E-state index is 6.51. The maximum atomic E-state index is 6.51. The Bertz CT molecular complexity index is 1510. The van der Waals surface area contributed by atoms with Crippen LogP contribution in [0, 0.1) is 5.41 Å². The van der Waals surface area contributed by atoms with E-state index in [1.54, 1.807) is 7.11 Å². The number of nitrogens with zero attached hydrogens (tertiary/aromatic N) is 8. The van der Waals surface area contributed by atoms with Crippen LogP contribution in [0.4, 0.5) is 17.3 Å². The van der Waals surface area contributed by atoms with E-state index in [1.807, 2.05) is 23.3 Å². The van der Waals surface area contributed by atoms with Crippen molar-refractivity contribution in [2.75, 3.05) is 49.8 Å². The number of aromatic amines is 1. The molecule has 13 heteroatoms. The molecule has 12 nitrogen and oxygen atoms in total. The number of methoxy groups -OCH3 is 1. The fraction of sp³-hybridized carbons (Fsp3) is 0.536. The monoisotopic (exact) mass is 580 g/mol. The molecule has 4 aromatic rings. The molecule has 3 aliphatic rings. The Morgan fingerprint density at radius 2 is 2.02 bits per heavy atom. The predicted octanol–water partition coefficient (Wildman–Crippen LogP) is 3.10. The SMILES string of the molecule is COCCn1cc(-c2ccc3c(n2)CCCN3c2n[nH]c3nc(N4CCC5(CC4)CO[C@@H](C)[C@H]5N)cnc23)cn1.Cl. The molecule has 7 rings (SSSR count). The highest BCUT2D eigenvalue weighted by molar-refractivity contribution is 5.87. The number of aryl methyl sites for hydroxylation is 1. The Morgan fingerprint density at radius 1 is 1.17 bits per heavy atom. The first-order chi connectivity index (χ1) is 19.5. The summed E-state index contributed by atoms with van der Waals surface area (Å²) < 4.78 is 12.9. The lowest BCUT2D eigenvalue weighted by atomic mass is 9.73. The molecule has 4 aromatic heterocycles. The molecule has 1 spiro atoms. The zero-order valence-corrected chi connectivity index (χ0v) is 24.3. The van der Waals surface area contributed by atoms with Gasteiger partial charge >= 0.3 is 0 Å². The van der Waals surface area contributed by atoms with Crippen molar-refractivity contribution in [1.29, 1.82) is 0 Å². The molecular weight excluding hydrogens is 544 g/mol. The van der Waals surface area contributed by atoms with E-state index < -0.39 is 0 Å². The van der Waals surface area contributed by atoms with Gasteiger partial charge in [-0.05, 0) is 44.7 Å². The topological polar surface area (TPSA) is 136 Å². The Balaban J connectivity index is 0.00000302. The second-order valence-corrected chi connectivity index (χ2v) is 11.3. The molecule has 0 unspecified atom stereocenters. The van der Waals surface area contributed by atoms with Crippen LogP contribution < -0.4 is 15.5 Å². The van der Waals surface area contributed by atoms with Crippen LogP contribution in [0.1, 0.15) is 31.9 Å². The number of fused-ring (bicyclic) bond motifs is 2. The largest absolute Gasteiger partial charge is 0.383 e. The van der Waals surface area contributed by atoms with Crippen molar-refractivity contribution in [3.63, 3.8) is 0 Å². The summed E-state index contributed by atoms with van der Waals surface area (Å²) in [5.74, 6) is 1.66. The Hall–Kier alpha value is -3.32. The van der Waals surface area contributed by atoms with Crippen LogP contribution in [0.3, 0.4) is 0 Å². The van der Waals surface area contributed by atoms with Crippen molar-refractivity contribution in [3.05, 3.63) is 36.4 Å². The maximum Gasteiger partial charge on any atom is 0.183 e. The third-order valence-corrected chi connectivity index (χ3v) is 8.91. The summed E-state index contributed by atoms with van der Waals surface area (Å²) in [4.78, 5) is 19.3. The van der Waals surface area contributed by atoms with E-state index in [1.165, 1.54) is 0 Å².